The van der Waals surface area contributed by atoms with Crippen LogP contribution in [0.3, 0.4) is 0 Å². The largest absolute Gasteiger partial charge is 0.352 e. The van der Waals surface area contributed by atoms with Gasteiger partial charge in [-0.15, -0.1) is 11.6 Å². The lowest BCUT2D eigenvalue weighted by Crippen LogP contribution is -2.10. The topological polar surface area (TPSA) is 18.5 Å². The van der Waals surface area contributed by atoms with Gasteiger partial charge >= 0.3 is 0 Å². The molecule has 0 amide bonds. The van der Waals surface area contributed by atoms with Crippen LogP contribution in [0.5, 0.6) is 0 Å². The van der Waals surface area contributed by atoms with E-state index in [1.807, 2.05) is 6.08 Å². The fourth-order valence-corrected chi connectivity index (χ4v) is 1.39. The summed E-state index contributed by atoms with van der Waals surface area (Å²) in [4.78, 5) is 0. The van der Waals surface area contributed by atoms with Crippen molar-refractivity contribution in [1.29, 1.82) is 0 Å². The van der Waals surface area contributed by atoms with E-state index in [4.69, 9.17) is 21.1 Å². The number of allylic oxidation sites excluding steroid dienone is 3. The normalized spacial score (nSPS) is 12.0. The number of methoxy groups -OCH3 is 2. The van der Waals surface area contributed by atoms with E-state index in [9.17, 15) is 0 Å². The van der Waals surface area contributed by atoms with E-state index in [-0.39, 0.29) is 6.29 Å². The van der Waals surface area contributed by atoms with Crippen molar-refractivity contribution in [3.05, 3.63) is 23.3 Å². The molecule has 0 spiro atoms. The highest BCUT2D eigenvalue weighted by atomic mass is 35.5. The van der Waals surface area contributed by atoms with Crippen LogP contribution in [0.2, 0.25) is 0 Å². The second-order valence-electron chi connectivity index (χ2n) is 3.62. The molecule has 0 radical (unpaired) electrons. The minimum absolute atomic E-state index is 0.287. The Morgan fingerprint density at radius 2 is 1.87 bits per heavy atom. The molecule has 0 saturated heterocycles. The van der Waals surface area contributed by atoms with Gasteiger partial charge in [0.05, 0.1) is 0 Å². The molecule has 3 heteroatoms. The first kappa shape index (κ1) is 14.7. The van der Waals surface area contributed by atoms with Crippen LogP contribution in [-0.4, -0.2) is 26.4 Å². The molecule has 0 aromatic carbocycles. The Bertz CT molecular complexity index is 214. The number of hydrogen-bond acceptors (Lipinski definition) is 2. The Balaban J connectivity index is 4.16. The Labute approximate surface area is 97.9 Å². The molecule has 15 heavy (non-hydrogen) atoms. The summed E-state index contributed by atoms with van der Waals surface area (Å²) in [6.07, 6.45) is 5.82. The summed E-state index contributed by atoms with van der Waals surface area (Å²) in [5.74, 6) is 0.528. The molecule has 88 valence electrons. The van der Waals surface area contributed by atoms with Gasteiger partial charge in [0, 0.05) is 20.1 Å². The van der Waals surface area contributed by atoms with Crippen LogP contribution in [0.15, 0.2) is 23.3 Å². The van der Waals surface area contributed by atoms with Crippen molar-refractivity contribution in [2.45, 2.75) is 33.0 Å². The van der Waals surface area contributed by atoms with Crippen LogP contribution < -0.4 is 0 Å². The van der Waals surface area contributed by atoms with Gasteiger partial charge in [-0.3, -0.25) is 0 Å². The Morgan fingerprint density at radius 1 is 1.27 bits per heavy atom. The lowest BCUT2D eigenvalue weighted by Gasteiger charge is -2.10. The molecule has 0 aromatic rings. The zero-order chi connectivity index (χ0) is 11.7. The number of rotatable bonds is 7. The van der Waals surface area contributed by atoms with Gasteiger partial charge in [0.25, 0.3) is 0 Å². The number of hydrogen-bond donors (Lipinski definition) is 0. The molecule has 0 heterocycles. The maximum absolute atomic E-state index is 5.84. The number of alkyl halides is 1. The second kappa shape index (κ2) is 8.96. The van der Waals surface area contributed by atoms with Gasteiger partial charge in [-0.05, 0) is 32.8 Å². The highest BCUT2D eigenvalue weighted by Crippen LogP contribution is 2.11. The predicted octanol–water partition coefficient (Wildman–Crippen LogP) is 3.52. The van der Waals surface area contributed by atoms with E-state index in [0.717, 1.165) is 18.4 Å². The molecule has 0 aliphatic rings. The molecule has 0 aliphatic heterocycles. The summed E-state index contributed by atoms with van der Waals surface area (Å²) in [6, 6.07) is 0. The van der Waals surface area contributed by atoms with Gasteiger partial charge in [0.2, 0.25) is 0 Å². The summed E-state index contributed by atoms with van der Waals surface area (Å²) in [6.45, 7) is 4.19. The van der Waals surface area contributed by atoms with Crippen molar-refractivity contribution in [2.24, 2.45) is 0 Å². The minimum atomic E-state index is -0.287. The third kappa shape index (κ3) is 7.60. The fourth-order valence-electron chi connectivity index (χ4n) is 1.17. The molecule has 2 nitrogen and oxygen atoms in total. The monoisotopic (exact) mass is 232 g/mol. The SMILES string of the molecule is COC(/C=C(/CCl)CCC=C(C)C)OC. The maximum atomic E-state index is 5.84. The van der Waals surface area contributed by atoms with Crippen molar-refractivity contribution < 1.29 is 9.47 Å². The standard InChI is InChI=1S/C12H21ClO2/c1-10(2)6-5-7-11(9-13)8-12(14-3)15-4/h6,8,12H,5,7,9H2,1-4H3/b11-8+. The molecule has 0 unspecified atom stereocenters. The van der Waals surface area contributed by atoms with Crippen LogP contribution in [0.4, 0.5) is 0 Å². The number of ether oxygens (including phenoxy) is 2. The van der Waals surface area contributed by atoms with Crippen LogP contribution in [0.25, 0.3) is 0 Å². The first-order chi connectivity index (χ1) is 7.13. The molecule has 0 aliphatic carbocycles. The van der Waals surface area contributed by atoms with Crippen molar-refractivity contribution in [3.63, 3.8) is 0 Å². The van der Waals surface area contributed by atoms with Crippen LogP contribution >= 0.6 is 11.6 Å². The minimum Gasteiger partial charge on any atom is -0.352 e. The third-order valence-corrected chi connectivity index (χ3v) is 2.37. The highest BCUT2D eigenvalue weighted by Gasteiger charge is 2.03. The first-order valence-corrected chi connectivity index (χ1v) is 5.62. The average Bonchev–Trinajstić information content (AvgIpc) is 2.22. The molecular formula is C12H21ClO2. The molecular weight excluding hydrogens is 212 g/mol. The van der Waals surface area contributed by atoms with E-state index in [1.165, 1.54) is 5.57 Å². The second-order valence-corrected chi connectivity index (χ2v) is 3.89. The zero-order valence-electron chi connectivity index (χ0n) is 10.0. The quantitative estimate of drug-likeness (QED) is 0.380. The predicted molar refractivity (Wildman–Crippen MR) is 65.3 cm³/mol. The Hall–Kier alpha value is -0.310. The third-order valence-electron chi connectivity index (χ3n) is 2.03. The van der Waals surface area contributed by atoms with Gasteiger partial charge in [-0.2, -0.15) is 0 Å². The summed E-state index contributed by atoms with van der Waals surface area (Å²) in [7, 11) is 3.24. The van der Waals surface area contributed by atoms with E-state index in [0.29, 0.717) is 5.88 Å². The fraction of sp³-hybridized carbons (Fsp3) is 0.667. The van der Waals surface area contributed by atoms with E-state index < -0.39 is 0 Å². The smallest absolute Gasteiger partial charge is 0.176 e. The van der Waals surface area contributed by atoms with Crippen molar-refractivity contribution in [2.75, 3.05) is 20.1 Å². The van der Waals surface area contributed by atoms with Crippen LogP contribution in [0.1, 0.15) is 26.7 Å². The number of halogens is 1. The first-order valence-electron chi connectivity index (χ1n) is 5.08. The van der Waals surface area contributed by atoms with Crippen molar-refractivity contribution in [3.8, 4) is 0 Å². The molecule has 0 bridgehead atoms. The summed E-state index contributed by atoms with van der Waals surface area (Å²) >= 11 is 5.84. The van der Waals surface area contributed by atoms with Crippen LogP contribution in [0, 0.1) is 0 Å². The van der Waals surface area contributed by atoms with Gasteiger partial charge < -0.3 is 9.47 Å². The van der Waals surface area contributed by atoms with Gasteiger partial charge in [-0.25, -0.2) is 0 Å². The summed E-state index contributed by atoms with van der Waals surface area (Å²) in [5.41, 5.74) is 2.49. The van der Waals surface area contributed by atoms with E-state index in [1.54, 1.807) is 14.2 Å². The molecule has 0 saturated carbocycles. The van der Waals surface area contributed by atoms with Gasteiger partial charge in [0.1, 0.15) is 0 Å². The molecule has 0 aromatic heterocycles. The van der Waals surface area contributed by atoms with Crippen molar-refractivity contribution >= 4 is 11.6 Å². The maximum Gasteiger partial charge on any atom is 0.176 e. The van der Waals surface area contributed by atoms with Crippen molar-refractivity contribution in [1.82, 2.24) is 0 Å². The van der Waals surface area contributed by atoms with Crippen LogP contribution in [-0.2, 0) is 9.47 Å². The Morgan fingerprint density at radius 3 is 2.27 bits per heavy atom. The summed E-state index contributed by atoms with van der Waals surface area (Å²) < 4.78 is 10.2. The van der Waals surface area contributed by atoms with E-state index >= 15 is 0 Å². The molecule has 0 atom stereocenters. The molecule has 0 fully saturated rings. The summed E-state index contributed by atoms with van der Waals surface area (Å²) in [5, 5.41) is 0. The van der Waals surface area contributed by atoms with E-state index in [2.05, 4.69) is 19.9 Å². The molecule has 0 N–H and O–H groups in total. The van der Waals surface area contributed by atoms with Gasteiger partial charge in [0.15, 0.2) is 6.29 Å². The lowest BCUT2D eigenvalue weighted by molar-refractivity contribution is -0.0671. The Kier molecular flexibility index (Phi) is 8.77. The molecule has 0 rings (SSSR count). The average molecular weight is 233 g/mol. The lowest BCUT2D eigenvalue weighted by atomic mass is 10.1. The van der Waals surface area contributed by atoms with Gasteiger partial charge in [-0.1, -0.05) is 17.2 Å². The zero-order valence-corrected chi connectivity index (χ0v) is 10.8. The highest BCUT2D eigenvalue weighted by molar-refractivity contribution is 6.19.